The van der Waals surface area contributed by atoms with E-state index in [9.17, 15) is 8.42 Å². The standard InChI is InChI=1S/C12H16ClNO2S/c13-10-4-2-5-11(7-10)17(15,16)12-6-1-3-9(12)8-14/h2,4-5,7,9,12H,1,3,6,8,14H2. The van der Waals surface area contributed by atoms with Crippen LogP contribution in [-0.2, 0) is 9.84 Å². The lowest BCUT2D eigenvalue weighted by Crippen LogP contribution is -2.30. The third kappa shape index (κ3) is 2.49. The molecule has 17 heavy (non-hydrogen) atoms. The van der Waals surface area contributed by atoms with Crippen molar-refractivity contribution >= 4 is 21.4 Å². The molecule has 1 fully saturated rings. The summed E-state index contributed by atoms with van der Waals surface area (Å²) in [5.74, 6) is 0.0824. The summed E-state index contributed by atoms with van der Waals surface area (Å²) in [7, 11) is -3.29. The molecule has 0 bridgehead atoms. The van der Waals surface area contributed by atoms with Gasteiger partial charge in [-0.3, -0.25) is 0 Å². The highest BCUT2D eigenvalue weighted by Gasteiger charge is 2.37. The van der Waals surface area contributed by atoms with Crippen LogP contribution in [0, 0.1) is 5.92 Å². The van der Waals surface area contributed by atoms with Crippen molar-refractivity contribution in [3.05, 3.63) is 29.3 Å². The summed E-state index contributed by atoms with van der Waals surface area (Å²) >= 11 is 5.84. The summed E-state index contributed by atoms with van der Waals surface area (Å²) in [6.45, 7) is 0.435. The minimum absolute atomic E-state index is 0.0824. The zero-order valence-electron chi connectivity index (χ0n) is 9.47. The molecule has 5 heteroatoms. The van der Waals surface area contributed by atoms with E-state index in [1.807, 2.05) is 0 Å². The van der Waals surface area contributed by atoms with Gasteiger partial charge in [0.2, 0.25) is 0 Å². The summed E-state index contributed by atoms with van der Waals surface area (Å²) in [5, 5.41) is 0.110. The lowest BCUT2D eigenvalue weighted by molar-refractivity contribution is 0.523. The van der Waals surface area contributed by atoms with E-state index in [-0.39, 0.29) is 11.2 Å². The van der Waals surface area contributed by atoms with Crippen LogP contribution < -0.4 is 5.73 Å². The van der Waals surface area contributed by atoms with Crippen molar-refractivity contribution in [2.45, 2.75) is 29.4 Å². The van der Waals surface area contributed by atoms with Gasteiger partial charge in [-0.05, 0) is 43.5 Å². The molecule has 1 aromatic rings. The summed E-state index contributed by atoms with van der Waals surface area (Å²) in [6.07, 6.45) is 2.55. The maximum absolute atomic E-state index is 12.4. The van der Waals surface area contributed by atoms with E-state index in [1.54, 1.807) is 18.2 Å². The fourth-order valence-corrected chi connectivity index (χ4v) is 4.89. The quantitative estimate of drug-likeness (QED) is 0.919. The van der Waals surface area contributed by atoms with Gasteiger partial charge in [0.05, 0.1) is 10.1 Å². The Balaban J connectivity index is 2.36. The van der Waals surface area contributed by atoms with Gasteiger partial charge < -0.3 is 5.73 Å². The molecule has 0 radical (unpaired) electrons. The largest absolute Gasteiger partial charge is 0.330 e. The van der Waals surface area contributed by atoms with Crippen LogP contribution >= 0.6 is 11.6 Å². The van der Waals surface area contributed by atoms with Crippen molar-refractivity contribution in [1.82, 2.24) is 0 Å². The highest BCUT2D eigenvalue weighted by molar-refractivity contribution is 7.92. The fourth-order valence-electron chi connectivity index (χ4n) is 2.50. The van der Waals surface area contributed by atoms with Gasteiger partial charge in [0.15, 0.2) is 9.84 Å². The lowest BCUT2D eigenvalue weighted by atomic mass is 10.1. The van der Waals surface area contributed by atoms with Crippen LogP contribution in [0.15, 0.2) is 29.2 Å². The first kappa shape index (κ1) is 12.9. The molecule has 2 unspecified atom stereocenters. The second-order valence-corrected chi connectivity index (χ2v) is 7.07. The zero-order chi connectivity index (χ0) is 12.5. The second kappa shape index (κ2) is 4.96. The predicted molar refractivity (Wildman–Crippen MR) is 68.8 cm³/mol. The number of sulfone groups is 1. The summed E-state index contributed by atoms with van der Waals surface area (Å²) < 4.78 is 24.9. The van der Waals surface area contributed by atoms with Crippen LogP contribution in [0.5, 0.6) is 0 Å². The normalized spacial score (nSPS) is 25.1. The monoisotopic (exact) mass is 273 g/mol. The molecule has 0 aliphatic heterocycles. The molecule has 1 aliphatic rings. The van der Waals surface area contributed by atoms with E-state index in [4.69, 9.17) is 17.3 Å². The minimum atomic E-state index is -3.29. The first-order chi connectivity index (χ1) is 8.05. The molecule has 1 aromatic carbocycles. The van der Waals surface area contributed by atoms with Crippen molar-refractivity contribution in [3.63, 3.8) is 0 Å². The zero-order valence-corrected chi connectivity index (χ0v) is 11.0. The average Bonchev–Trinajstić information content (AvgIpc) is 2.77. The van der Waals surface area contributed by atoms with E-state index in [0.717, 1.165) is 12.8 Å². The first-order valence-corrected chi connectivity index (χ1v) is 7.67. The molecule has 2 N–H and O–H groups in total. The number of benzene rings is 1. The van der Waals surface area contributed by atoms with Crippen molar-refractivity contribution in [3.8, 4) is 0 Å². The molecule has 1 aliphatic carbocycles. The molecular formula is C12H16ClNO2S. The maximum Gasteiger partial charge on any atom is 0.181 e. The topological polar surface area (TPSA) is 60.2 Å². The van der Waals surface area contributed by atoms with E-state index in [0.29, 0.717) is 22.9 Å². The molecule has 0 aromatic heterocycles. The van der Waals surface area contributed by atoms with Gasteiger partial charge in [0.1, 0.15) is 0 Å². The van der Waals surface area contributed by atoms with Gasteiger partial charge in [-0.25, -0.2) is 8.42 Å². The van der Waals surface area contributed by atoms with Crippen molar-refractivity contribution in [2.24, 2.45) is 11.7 Å². The molecule has 1 saturated carbocycles. The fraction of sp³-hybridized carbons (Fsp3) is 0.500. The molecule has 0 saturated heterocycles. The highest BCUT2D eigenvalue weighted by atomic mass is 35.5. The Hall–Kier alpha value is -0.580. The van der Waals surface area contributed by atoms with Gasteiger partial charge in [0.25, 0.3) is 0 Å². The van der Waals surface area contributed by atoms with Gasteiger partial charge in [-0.1, -0.05) is 24.1 Å². The van der Waals surface area contributed by atoms with Crippen LogP contribution in [0.2, 0.25) is 5.02 Å². The van der Waals surface area contributed by atoms with Crippen molar-refractivity contribution in [1.29, 1.82) is 0 Å². The van der Waals surface area contributed by atoms with Gasteiger partial charge >= 0.3 is 0 Å². The van der Waals surface area contributed by atoms with Crippen LogP contribution in [-0.4, -0.2) is 20.2 Å². The molecule has 94 valence electrons. The summed E-state index contributed by atoms with van der Waals surface area (Å²) in [4.78, 5) is 0.315. The summed E-state index contributed by atoms with van der Waals surface area (Å²) in [5.41, 5.74) is 5.64. The molecular weight excluding hydrogens is 258 g/mol. The van der Waals surface area contributed by atoms with Crippen LogP contribution in [0.25, 0.3) is 0 Å². The molecule has 0 heterocycles. The first-order valence-electron chi connectivity index (χ1n) is 5.75. The third-order valence-corrected chi connectivity index (χ3v) is 5.98. The van der Waals surface area contributed by atoms with E-state index >= 15 is 0 Å². The average molecular weight is 274 g/mol. The Morgan fingerprint density at radius 2 is 2.12 bits per heavy atom. The number of hydrogen-bond acceptors (Lipinski definition) is 3. The maximum atomic E-state index is 12.4. The predicted octanol–water partition coefficient (Wildman–Crippen LogP) is 2.24. The second-order valence-electron chi connectivity index (χ2n) is 4.47. The van der Waals surface area contributed by atoms with E-state index in [1.165, 1.54) is 6.07 Å². The number of nitrogens with two attached hydrogens (primary N) is 1. The number of halogens is 1. The minimum Gasteiger partial charge on any atom is -0.330 e. The van der Waals surface area contributed by atoms with Crippen molar-refractivity contribution < 1.29 is 8.42 Å². The molecule has 3 nitrogen and oxygen atoms in total. The van der Waals surface area contributed by atoms with Crippen molar-refractivity contribution in [2.75, 3.05) is 6.54 Å². The Morgan fingerprint density at radius 3 is 2.76 bits per heavy atom. The van der Waals surface area contributed by atoms with Crippen LogP contribution in [0.3, 0.4) is 0 Å². The smallest absolute Gasteiger partial charge is 0.181 e. The van der Waals surface area contributed by atoms with Crippen LogP contribution in [0.1, 0.15) is 19.3 Å². The van der Waals surface area contributed by atoms with Gasteiger partial charge in [-0.15, -0.1) is 0 Å². The Kier molecular flexibility index (Phi) is 3.76. The number of hydrogen-bond donors (Lipinski definition) is 1. The third-order valence-electron chi connectivity index (χ3n) is 3.42. The van der Waals surface area contributed by atoms with Crippen LogP contribution in [0.4, 0.5) is 0 Å². The Labute approximate surface area is 107 Å². The molecule has 0 amide bonds. The van der Waals surface area contributed by atoms with Gasteiger partial charge in [-0.2, -0.15) is 0 Å². The van der Waals surface area contributed by atoms with E-state index < -0.39 is 9.84 Å². The Morgan fingerprint density at radius 1 is 1.35 bits per heavy atom. The summed E-state index contributed by atoms with van der Waals surface area (Å²) in [6, 6.07) is 6.47. The highest BCUT2D eigenvalue weighted by Crippen LogP contribution is 2.34. The lowest BCUT2D eigenvalue weighted by Gasteiger charge is -2.18. The number of rotatable bonds is 3. The molecule has 2 atom stereocenters. The van der Waals surface area contributed by atoms with Gasteiger partial charge in [0, 0.05) is 5.02 Å². The molecule has 2 rings (SSSR count). The Bertz CT molecular complexity index is 501. The van der Waals surface area contributed by atoms with E-state index in [2.05, 4.69) is 0 Å². The molecule has 0 spiro atoms. The SMILES string of the molecule is NCC1CCCC1S(=O)(=O)c1cccc(Cl)c1.